The number of hydrogen-bond acceptors (Lipinski definition) is 1. The number of rotatable bonds is 4. The van der Waals surface area contributed by atoms with Gasteiger partial charge in [-0.25, -0.2) is 0 Å². The van der Waals surface area contributed by atoms with Crippen molar-refractivity contribution in [2.45, 2.75) is 37.6 Å². The molecule has 0 fully saturated rings. The summed E-state index contributed by atoms with van der Waals surface area (Å²) in [7, 11) is 1.76. The van der Waals surface area contributed by atoms with Crippen molar-refractivity contribution >= 4 is 15.9 Å². The molecular formula is C7H15BrO. The number of methoxy groups -OCH3 is 1. The lowest BCUT2D eigenvalue weighted by atomic mass is 10.2. The maximum atomic E-state index is 5.21. The van der Waals surface area contributed by atoms with Crippen molar-refractivity contribution in [2.24, 2.45) is 0 Å². The van der Waals surface area contributed by atoms with Gasteiger partial charge in [0.15, 0.2) is 0 Å². The van der Waals surface area contributed by atoms with Crippen molar-refractivity contribution in [2.75, 3.05) is 7.11 Å². The first-order valence-corrected chi connectivity index (χ1v) is 4.30. The summed E-state index contributed by atoms with van der Waals surface area (Å²) in [6.45, 7) is 4.28. The molecule has 0 aliphatic heterocycles. The van der Waals surface area contributed by atoms with Gasteiger partial charge in [-0.3, -0.25) is 0 Å². The Bertz CT molecular complexity index is 63.9. The van der Waals surface area contributed by atoms with Crippen LogP contribution in [0.4, 0.5) is 0 Å². The fourth-order valence-electron chi connectivity index (χ4n) is 0.820. The first-order valence-electron chi connectivity index (χ1n) is 3.39. The molecule has 56 valence electrons. The second kappa shape index (κ2) is 5.24. The minimum Gasteiger partial charge on any atom is -0.380 e. The number of ether oxygens (including phenoxy) is 1. The Labute approximate surface area is 65.9 Å². The predicted molar refractivity (Wildman–Crippen MR) is 44.1 cm³/mol. The molecule has 1 nitrogen and oxygen atoms in total. The number of hydrogen-bond donors (Lipinski definition) is 0. The summed E-state index contributed by atoms with van der Waals surface area (Å²) < 4.78 is 5.21. The van der Waals surface area contributed by atoms with E-state index >= 15 is 0 Å². The van der Waals surface area contributed by atoms with Crippen molar-refractivity contribution < 1.29 is 4.74 Å². The minimum atomic E-state index is 0.384. The SMILES string of the molecule is CCC[C@@H](OC)[C@H](C)Br. The van der Waals surface area contributed by atoms with Crippen molar-refractivity contribution in [3.8, 4) is 0 Å². The van der Waals surface area contributed by atoms with E-state index in [1.165, 1.54) is 6.42 Å². The molecule has 0 saturated carbocycles. The highest BCUT2D eigenvalue weighted by Crippen LogP contribution is 2.12. The third-order valence-corrected chi connectivity index (χ3v) is 1.98. The van der Waals surface area contributed by atoms with E-state index in [2.05, 4.69) is 29.8 Å². The standard InChI is InChI=1S/C7H15BrO/c1-4-5-7(9-3)6(2)8/h6-7H,4-5H2,1-3H3/t6-,7+/m0/s1. The first kappa shape index (κ1) is 9.44. The van der Waals surface area contributed by atoms with Gasteiger partial charge in [0.1, 0.15) is 0 Å². The largest absolute Gasteiger partial charge is 0.380 e. The molecule has 2 atom stereocenters. The molecule has 0 aromatic heterocycles. The molecule has 0 aliphatic carbocycles. The maximum Gasteiger partial charge on any atom is 0.0693 e. The summed E-state index contributed by atoms with van der Waals surface area (Å²) in [5.41, 5.74) is 0. The van der Waals surface area contributed by atoms with Crippen LogP contribution in [-0.4, -0.2) is 18.0 Å². The molecular weight excluding hydrogens is 180 g/mol. The molecule has 0 aromatic carbocycles. The summed E-state index contributed by atoms with van der Waals surface area (Å²) in [6.07, 6.45) is 2.71. The van der Waals surface area contributed by atoms with Crippen LogP contribution in [0.25, 0.3) is 0 Å². The molecule has 0 saturated heterocycles. The van der Waals surface area contributed by atoms with Crippen molar-refractivity contribution in [3.63, 3.8) is 0 Å². The smallest absolute Gasteiger partial charge is 0.0693 e. The molecule has 0 unspecified atom stereocenters. The highest BCUT2D eigenvalue weighted by atomic mass is 79.9. The summed E-state index contributed by atoms with van der Waals surface area (Å²) in [4.78, 5) is 0.474. The van der Waals surface area contributed by atoms with Crippen LogP contribution in [-0.2, 0) is 4.74 Å². The van der Waals surface area contributed by atoms with Crippen LogP contribution in [0.15, 0.2) is 0 Å². The Balaban J connectivity index is 3.41. The molecule has 0 radical (unpaired) electrons. The van der Waals surface area contributed by atoms with Crippen LogP contribution >= 0.6 is 15.9 Å². The van der Waals surface area contributed by atoms with E-state index < -0.39 is 0 Å². The van der Waals surface area contributed by atoms with E-state index in [0.29, 0.717) is 10.9 Å². The van der Waals surface area contributed by atoms with Crippen LogP contribution in [0.5, 0.6) is 0 Å². The van der Waals surface area contributed by atoms with Crippen molar-refractivity contribution in [1.82, 2.24) is 0 Å². The fourth-order valence-corrected chi connectivity index (χ4v) is 1.30. The zero-order valence-electron chi connectivity index (χ0n) is 6.36. The predicted octanol–water partition coefficient (Wildman–Crippen LogP) is 2.58. The van der Waals surface area contributed by atoms with E-state index in [9.17, 15) is 0 Å². The molecule has 0 aliphatic rings. The summed E-state index contributed by atoms with van der Waals surface area (Å²) in [5, 5.41) is 0. The number of halogens is 1. The molecule has 0 heterocycles. The third kappa shape index (κ3) is 3.93. The molecule has 2 heteroatoms. The van der Waals surface area contributed by atoms with Gasteiger partial charge in [0, 0.05) is 11.9 Å². The molecule has 0 aromatic rings. The Kier molecular flexibility index (Phi) is 5.50. The zero-order chi connectivity index (χ0) is 7.28. The summed E-state index contributed by atoms with van der Waals surface area (Å²) >= 11 is 3.48. The van der Waals surface area contributed by atoms with Gasteiger partial charge in [0.25, 0.3) is 0 Å². The Morgan fingerprint density at radius 3 is 2.22 bits per heavy atom. The van der Waals surface area contributed by atoms with E-state index in [1.807, 2.05) is 0 Å². The average Bonchev–Trinajstić information content (AvgIpc) is 1.82. The lowest BCUT2D eigenvalue weighted by Crippen LogP contribution is -2.19. The van der Waals surface area contributed by atoms with Gasteiger partial charge in [0.05, 0.1) is 6.10 Å². The molecule has 0 N–H and O–H groups in total. The van der Waals surface area contributed by atoms with Crippen LogP contribution in [0.1, 0.15) is 26.7 Å². The lowest BCUT2D eigenvalue weighted by Gasteiger charge is -2.16. The van der Waals surface area contributed by atoms with Gasteiger partial charge in [-0.05, 0) is 6.42 Å². The van der Waals surface area contributed by atoms with Crippen LogP contribution in [0, 0.1) is 0 Å². The monoisotopic (exact) mass is 194 g/mol. The summed E-state index contributed by atoms with van der Waals surface area (Å²) in [6, 6.07) is 0. The highest BCUT2D eigenvalue weighted by Gasteiger charge is 2.10. The van der Waals surface area contributed by atoms with Crippen LogP contribution < -0.4 is 0 Å². The van der Waals surface area contributed by atoms with E-state index in [-0.39, 0.29) is 0 Å². The second-order valence-corrected chi connectivity index (χ2v) is 3.68. The quantitative estimate of drug-likeness (QED) is 0.626. The van der Waals surface area contributed by atoms with Crippen LogP contribution in [0.3, 0.4) is 0 Å². The second-order valence-electron chi connectivity index (χ2n) is 2.24. The van der Waals surface area contributed by atoms with Crippen LogP contribution in [0.2, 0.25) is 0 Å². The maximum absolute atomic E-state index is 5.21. The minimum absolute atomic E-state index is 0.384. The van der Waals surface area contributed by atoms with Gasteiger partial charge in [-0.15, -0.1) is 0 Å². The highest BCUT2D eigenvalue weighted by molar-refractivity contribution is 9.09. The summed E-state index contributed by atoms with van der Waals surface area (Å²) in [5.74, 6) is 0. The van der Waals surface area contributed by atoms with E-state index in [1.54, 1.807) is 7.11 Å². The van der Waals surface area contributed by atoms with Crippen molar-refractivity contribution in [1.29, 1.82) is 0 Å². The van der Waals surface area contributed by atoms with Gasteiger partial charge < -0.3 is 4.74 Å². The van der Waals surface area contributed by atoms with Gasteiger partial charge in [-0.2, -0.15) is 0 Å². The topological polar surface area (TPSA) is 9.23 Å². The Hall–Kier alpha value is 0.440. The number of alkyl halides is 1. The molecule has 0 bridgehead atoms. The van der Waals surface area contributed by atoms with E-state index in [4.69, 9.17) is 4.74 Å². The normalized spacial score (nSPS) is 17.3. The molecule has 9 heavy (non-hydrogen) atoms. The van der Waals surface area contributed by atoms with Gasteiger partial charge in [-0.1, -0.05) is 36.2 Å². The van der Waals surface area contributed by atoms with Gasteiger partial charge in [0.2, 0.25) is 0 Å². The molecule has 0 spiro atoms. The van der Waals surface area contributed by atoms with Crippen molar-refractivity contribution in [3.05, 3.63) is 0 Å². The average molecular weight is 195 g/mol. The fraction of sp³-hybridized carbons (Fsp3) is 1.00. The van der Waals surface area contributed by atoms with Gasteiger partial charge >= 0.3 is 0 Å². The molecule has 0 rings (SSSR count). The lowest BCUT2D eigenvalue weighted by molar-refractivity contribution is 0.0974. The molecule has 0 amide bonds. The first-order chi connectivity index (χ1) is 4.22. The Morgan fingerprint density at radius 1 is 1.56 bits per heavy atom. The Morgan fingerprint density at radius 2 is 2.11 bits per heavy atom. The zero-order valence-corrected chi connectivity index (χ0v) is 7.94. The van der Waals surface area contributed by atoms with E-state index in [0.717, 1.165) is 6.42 Å². The third-order valence-electron chi connectivity index (χ3n) is 1.39.